The molecule has 0 radical (unpaired) electrons. The predicted octanol–water partition coefficient (Wildman–Crippen LogP) is 6.55. The van der Waals surface area contributed by atoms with Crippen molar-refractivity contribution in [3.05, 3.63) is 0 Å². The molecule has 0 nitrogen and oxygen atoms in total. The summed E-state index contributed by atoms with van der Waals surface area (Å²) in [4.78, 5) is 0. The van der Waals surface area contributed by atoms with Gasteiger partial charge in [0, 0.05) is 0 Å². The SMILES string of the molecule is CC(CCC1C2CC3CC(C2)CC1C3)C1C2CC3CC(C2)CC1C3. The van der Waals surface area contributed by atoms with Gasteiger partial charge in [-0.3, -0.25) is 0 Å². The summed E-state index contributed by atoms with van der Waals surface area (Å²) in [6.07, 6.45) is 19.4. The maximum atomic E-state index is 2.67. The molecule has 8 rings (SSSR count). The summed E-state index contributed by atoms with van der Waals surface area (Å²) in [7, 11) is 0. The van der Waals surface area contributed by atoms with Crippen molar-refractivity contribution in [3.8, 4) is 0 Å². The van der Waals surface area contributed by atoms with Crippen molar-refractivity contribution in [2.75, 3.05) is 0 Å². The third-order valence-electron chi connectivity index (χ3n) is 10.3. The molecule has 8 aliphatic rings. The molecule has 24 heavy (non-hydrogen) atoms. The normalized spacial score (nSPS) is 58.4. The van der Waals surface area contributed by atoms with E-state index in [0.29, 0.717) is 0 Å². The highest BCUT2D eigenvalue weighted by Gasteiger charge is 2.51. The molecule has 0 N–H and O–H groups in total. The van der Waals surface area contributed by atoms with Crippen LogP contribution in [-0.2, 0) is 0 Å². The monoisotopic (exact) mass is 326 g/mol. The van der Waals surface area contributed by atoms with Gasteiger partial charge in [-0.05, 0) is 136 Å². The molecule has 0 saturated heterocycles. The predicted molar refractivity (Wildman–Crippen MR) is 99.5 cm³/mol. The largest absolute Gasteiger partial charge is 0.0622 e. The van der Waals surface area contributed by atoms with E-state index in [0.717, 1.165) is 65.1 Å². The quantitative estimate of drug-likeness (QED) is 0.549. The zero-order chi connectivity index (χ0) is 15.8. The van der Waals surface area contributed by atoms with Crippen molar-refractivity contribution in [1.82, 2.24) is 0 Å². The fraction of sp³-hybridized carbons (Fsp3) is 1.00. The van der Waals surface area contributed by atoms with Crippen molar-refractivity contribution in [2.24, 2.45) is 65.1 Å². The molecular formula is C24H38. The molecule has 1 atom stereocenters. The molecule has 0 aliphatic heterocycles. The van der Waals surface area contributed by atoms with E-state index < -0.39 is 0 Å². The number of rotatable bonds is 4. The molecule has 0 aromatic carbocycles. The first-order valence-electron chi connectivity index (χ1n) is 11.7. The van der Waals surface area contributed by atoms with Crippen molar-refractivity contribution in [2.45, 2.75) is 84.0 Å². The second-order valence-corrected chi connectivity index (χ2v) is 11.7. The van der Waals surface area contributed by atoms with E-state index in [4.69, 9.17) is 0 Å². The summed E-state index contributed by atoms with van der Waals surface area (Å²) < 4.78 is 0. The molecule has 8 bridgehead atoms. The Morgan fingerprint density at radius 3 is 1.46 bits per heavy atom. The van der Waals surface area contributed by atoms with E-state index >= 15 is 0 Å². The van der Waals surface area contributed by atoms with Crippen LogP contribution in [0.2, 0.25) is 0 Å². The van der Waals surface area contributed by atoms with Crippen LogP contribution in [0, 0.1) is 65.1 Å². The summed E-state index contributed by atoms with van der Waals surface area (Å²) >= 11 is 0. The molecule has 0 spiro atoms. The molecule has 0 amide bonds. The molecule has 1 unspecified atom stereocenters. The van der Waals surface area contributed by atoms with Crippen LogP contribution in [0.5, 0.6) is 0 Å². The van der Waals surface area contributed by atoms with Crippen LogP contribution >= 0.6 is 0 Å². The van der Waals surface area contributed by atoms with Gasteiger partial charge in [-0.1, -0.05) is 13.3 Å². The highest BCUT2D eigenvalue weighted by Crippen LogP contribution is 2.60. The minimum atomic E-state index is 1.04. The minimum absolute atomic E-state index is 1.04. The van der Waals surface area contributed by atoms with Crippen molar-refractivity contribution >= 4 is 0 Å². The third-order valence-corrected chi connectivity index (χ3v) is 10.3. The van der Waals surface area contributed by atoms with Crippen molar-refractivity contribution in [1.29, 1.82) is 0 Å². The Kier molecular flexibility index (Phi) is 3.46. The van der Waals surface area contributed by atoms with Crippen LogP contribution in [0.15, 0.2) is 0 Å². The maximum absolute atomic E-state index is 2.67. The smallest absolute Gasteiger partial charge is 0.0331 e. The van der Waals surface area contributed by atoms with E-state index in [1.54, 1.807) is 77.0 Å². The zero-order valence-corrected chi connectivity index (χ0v) is 15.8. The Labute approximate surface area is 149 Å². The summed E-state index contributed by atoms with van der Waals surface area (Å²) in [5, 5.41) is 0. The lowest BCUT2D eigenvalue weighted by atomic mass is 9.48. The van der Waals surface area contributed by atoms with Crippen molar-refractivity contribution in [3.63, 3.8) is 0 Å². The first-order valence-corrected chi connectivity index (χ1v) is 11.7. The van der Waals surface area contributed by atoms with Gasteiger partial charge in [-0.2, -0.15) is 0 Å². The van der Waals surface area contributed by atoms with E-state index in [9.17, 15) is 0 Å². The summed E-state index contributed by atoms with van der Waals surface area (Å²) in [5.74, 6) is 12.6. The van der Waals surface area contributed by atoms with Crippen LogP contribution in [0.4, 0.5) is 0 Å². The minimum Gasteiger partial charge on any atom is -0.0622 e. The molecule has 0 heteroatoms. The fourth-order valence-corrected chi connectivity index (χ4v) is 10.1. The Morgan fingerprint density at radius 2 is 1.00 bits per heavy atom. The lowest BCUT2D eigenvalue weighted by Gasteiger charge is -2.57. The second-order valence-electron chi connectivity index (χ2n) is 11.7. The number of hydrogen-bond acceptors (Lipinski definition) is 0. The van der Waals surface area contributed by atoms with Crippen LogP contribution in [0.3, 0.4) is 0 Å². The topological polar surface area (TPSA) is 0 Å². The Balaban J connectivity index is 1.11. The second kappa shape index (κ2) is 5.50. The van der Waals surface area contributed by atoms with E-state index in [1.807, 2.05) is 0 Å². The van der Waals surface area contributed by atoms with Gasteiger partial charge in [0.2, 0.25) is 0 Å². The molecule has 8 aliphatic carbocycles. The highest BCUT2D eigenvalue weighted by atomic mass is 14.6. The van der Waals surface area contributed by atoms with Gasteiger partial charge in [-0.15, -0.1) is 0 Å². The molecule has 8 saturated carbocycles. The van der Waals surface area contributed by atoms with E-state index in [2.05, 4.69) is 6.92 Å². The van der Waals surface area contributed by atoms with Crippen LogP contribution in [-0.4, -0.2) is 0 Å². The molecule has 0 aromatic heterocycles. The Hall–Kier alpha value is 0. The van der Waals surface area contributed by atoms with Crippen molar-refractivity contribution < 1.29 is 0 Å². The van der Waals surface area contributed by atoms with E-state index in [-0.39, 0.29) is 0 Å². The van der Waals surface area contributed by atoms with Crippen LogP contribution in [0.25, 0.3) is 0 Å². The summed E-state index contributed by atoms with van der Waals surface area (Å²) in [6.45, 7) is 2.67. The first kappa shape index (κ1) is 15.1. The highest BCUT2D eigenvalue weighted by molar-refractivity contribution is 5.01. The molecular weight excluding hydrogens is 288 g/mol. The molecule has 8 fully saturated rings. The lowest BCUT2D eigenvalue weighted by molar-refractivity contribution is -0.0682. The Bertz CT molecular complexity index is 434. The van der Waals surface area contributed by atoms with Crippen LogP contribution in [0.1, 0.15) is 84.0 Å². The third kappa shape index (κ3) is 2.30. The van der Waals surface area contributed by atoms with Crippen LogP contribution < -0.4 is 0 Å². The molecule has 0 heterocycles. The summed E-state index contributed by atoms with van der Waals surface area (Å²) in [5.41, 5.74) is 0. The Morgan fingerprint density at radius 1 is 0.583 bits per heavy atom. The van der Waals surface area contributed by atoms with Gasteiger partial charge in [-0.25, -0.2) is 0 Å². The average Bonchev–Trinajstić information content (AvgIpc) is 2.52. The van der Waals surface area contributed by atoms with E-state index in [1.165, 1.54) is 0 Å². The lowest BCUT2D eigenvalue weighted by Crippen LogP contribution is -2.48. The zero-order valence-electron chi connectivity index (χ0n) is 15.8. The molecule has 0 aromatic rings. The average molecular weight is 327 g/mol. The molecule has 134 valence electrons. The van der Waals surface area contributed by atoms with Gasteiger partial charge in [0.05, 0.1) is 0 Å². The van der Waals surface area contributed by atoms with Gasteiger partial charge >= 0.3 is 0 Å². The first-order chi connectivity index (χ1) is 11.7. The van der Waals surface area contributed by atoms with Gasteiger partial charge in [0.1, 0.15) is 0 Å². The maximum Gasteiger partial charge on any atom is -0.0331 e. The summed E-state index contributed by atoms with van der Waals surface area (Å²) in [6, 6.07) is 0. The van der Waals surface area contributed by atoms with Gasteiger partial charge in [0.25, 0.3) is 0 Å². The fourth-order valence-electron chi connectivity index (χ4n) is 10.1. The van der Waals surface area contributed by atoms with Gasteiger partial charge < -0.3 is 0 Å². The standard InChI is InChI=1S/C24H38/c1-14(24-21-10-17-5-18(12-21)13-22(24)11-17)2-3-23-19-6-15-4-16(8-19)9-20(23)7-15/h14-24H,2-13H2,1H3. The number of hydrogen-bond donors (Lipinski definition) is 0. The van der Waals surface area contributed by atoms with Gasteiger partial charge in [0.15, 0.2) is 0 Å².